The molecule has 5 heteroatoms. The van der Waals surface area contributed by atoms with E-state index in [1.807, 2.05) is 24.3 Å². The molecule has 1 aromatic rings. The maximum Gasteiger partial charge on any atom is 0.241 e. The molecule has 4 nitrogen and oxygen atoms in total. The first-order valence-electron chi connectivity index (χ1n) is 7.77. The highest BCUT2D eigenvalue weighted by Crippen LogP contribution is 2.25. The minimum atomic E-state index is 0.0472. The fourth-order valence-electron chi connectivity index (χ4n) is 3.44. The maximum absolute atomic E-state index is 12.6. The predicted molar refractivity (Wildman–Crippen MR) is 93.4 cm³/mol. The fraction of sp³-hybridized carbons (Fsp3) is 0.562. The van der Waals surface area contributed by atoms with Crippen molar-refractivity contribution in [3.05, 3.63) is 27.8 Å². The summed E-state index contributed by atoms with van der Waals surface area (Å²) in [6, 6.07) is 8.61. The second kappa shape index (κ2) is 7.07. The Labute approximate surface area is 139 Å². The van der Waals surface area contributed by atoms with E-state index in [2.05, 4.69) is 38.1 Å². The Hall–Kier alpha value is -0.660. The number of hydrogen-bond acceptors (Lipinski definition) is 3. The van der Waals surface area contributed by atoms with Crippen LogP contribution in [0.2, 0.25) is 0 Å². The van der Waals surface area contributed by atoms with Crippen molar-refractivity contribution in [1.29, 1.82) is 0 Å². The highest BCUT2D eigenvalue weighted by atomic mass is 127. The third-order valence-corrected chi connectivity index (χ3v) is 5.14. The molecule has 3 rings (SSSR count). The Bertz CT molecular complexity index is 502. The SMILES string of the molecule is O=C(Nc1cccc(I)c1)C1CCCN1C1CCNCC1. The normalized spacial score (nSPS) is 24.1. The van der Waals surface area contributed by atoms with Gasteiger partial charge in [-0.1, -0.05) is 6.07 Å². The van der Waals surface area contributed by atoms with E-state index >= 15 is 0 Å². The van der Waals surface area contributed by atoms with Crippen LogP contribution in [0.15, 0.2) is 24.3 Å². The minimum Gasteiger partial charge on any atom is -0.325 e. The van der Waals surface area contributed by atoms with Gasteiger partial charge < -0.3 is 10.6 Å². The molecule has 0 aromatic heterocycles. The van der Waals surface area contributed by atoms with Crippen LogP contribution in [0.1, 0.15) is 25.7 Å². The zero-order chi connectivity index (χ0) is 14.7. The molecule has 0 radical (unpaired) electrons. The van der Waals surface area contributed by atoms with Gasteiger partial charge in [0, 0.05) is 15.3 Å². The van der Waals surface area contributed by atoms with Gasteiger partial charge in [-0.2, -0.15) is 0 Å². The van der Waals surface area contributed by atoms with Crippen molar-refractivity contribution in [3.63, 3.8) is 0 Å². The minimum absolute atomic E-state index is 0.0472. The average molecular weight is 399 g/mol. The Balaban J connectivity index is 1.65. The quantitative estimate of drug-likeness (QED) is 0.768. The molecule has 1 unspecified atom stereocenters. The number of anilines is 1. The van der Waals surface area contributed by atoms with Crippen LogP contribution in [0.3, 0.4) is 0 Å². The van der Waals surface area contributed by atoms with Gasteiger partial charge in [0.2, 0.25) is 5.91 Å². The van der Waals surface area contributed by atoms with Crippen molar-refractivity contribution >= 4 is 34.2 Å². The van der Waals surface area contributed by atoms with E-state index in [0.29, 0.717) is 6.04 Å². The lowest BCUT2D eigenvalue weighted by atomic mass is 10.0. The number of halogens is 1. The molecule has 2 saturated heterocycles. The first kappa shape index (κ1) is 15.2. The van der Waals surface area contributed by atoms with Crippen molar-refractivity contribution in [1.82, 2.24) is 10.2 Å². The summed E-state index contributed by atoms with van der Waals surface area (Å²) in [6.45, 7) is 3.22. The number of hydrogen-bond donors (Lipinski definition) is 2. The fourth-order valence-corrected chi connectivity index (χ4v) is 3.98. The molecule has 0 bridgehead atoms. The number of carbonyl (C=O) groups is 1. The summed E-state index contributed by atoms with van der Waals surface area (Å²) in [4.78, 5) is 15.0. The van der Waals surface area contributed by atoms with E-state index < -0.39 is 0 Å². The zero-order valence-corrected chi connectivity index (χ0v) is 14.3. The molecule has 2 N–H and O–H groups in total. The first-order valence-corrected chi connectivity index (χ1v) is 8.85. The second-order valence-electron chi connectivity index (χ2n) is 5.88. The van der Waals surface area contributed by atoms with Gasteiger partial charge in [0.25, 0.3) is 0 Å². The molecule has 0 aliphatic carbocycles. The number of amides is 1. The maximum atomic E-state index is 12.6. The number of nitrogens with one attached hydrogen (secondary N) is 2. The number of rotatable bonds is 3. The van der Waals surface area contributed by atoms with Crippen LogP contribution >= 0.6 is 22.6 Å². The monoisotopic (exact) mass is 399 g/mol. The van der Waals surface area contributed by atoms with Gasteiger partial charge in [0.1, 0.15) is 0 Å². The van der Waals surface area contributed by atoms with Crippen LogP contribution in [0.25, 0.3) is 0 Å². The summed E-state index contributed by atoms with van der Waals surface area (Å²) in [6.07, 6.45) is 4.44. The van der Waals surface area contributed by atoms with Crippen LogP contribution in [-0.2, 0) is 4.79 Å². The summed E-state index contributed by atoms with van der Waals surface area (Å²) in [5.41, 5.74) is 0.907. The van der Waals surface area contributed by atoms with E-state index in [4.69, 9.17) is 0 Å². The number of likely N-dealkylation sites (tertiary alicyclic amines) is 1. The molecule has 2 aliphatic rings. The number of carbonyl (C=O) groups excluding carboxylic acids is 1. The van der Waals surface area contributed by atoms with Gasteiger partial charge in [-0.3, -0.25) is 9.69 Å². The topological polar surface area (TPSA) is 44.4 Å². The highest BCUT2D eigenvalue weighted by Gasteiger charge is 2.35. The highest BCUT2D eigenvalue weighted by molar-refractivity contribution is 14.1. The van der Waals surface area contributed by atoms with Crippen molar-refractivity contribution in [2.24, 2.45) is 0 Å². The summed E-state index contributed by atoms with van der Waals surface area (Å²) in [7, 11) is 0. The lowest BCUT2D eigenvalue weighted by Crippen LogP contribution is -2.49. The second-order valence-corrected chi connectivity index (χ2v) is 7.12. The summed E-state index contributed by atoms with van der Waals surface area (Å²) < 4.78 is 1.15. The molecule has 1 aromatic carbocycles. The smallest absolute Gasteiger partial charge is 0.241 e. The number of benzene rings is 1. The third-order valence-electron chi connectivity index (χ3n) is 4.47. The molecule has 2 aliphatic heterocycles. The third kappa shape index (κ3) is 3.76. The zero-order valence-electron chi connectivity index (χ0n) is 12.1. The van der Waals surface area contributed by atoms with Crippen LogP contribution in [0, 0.1) is 3.57 Å². The van der Waals surface area contributed by atoms with Crippen molar-refractivity contribution < 1.29 is 4.79 Å². The van der Waals surface area contributed by atoms with E-state index in [1.54, 1.807) is 0 Å². The van der Waals surface area contributed by atoms with E-state index in [-0.39, 0.29) is 11.9 Å². The molecule has 2 fully saturated rings. The van der Waals surface area contributed by atoms with E-state index in [9.17, 15) is 4.79 Å². The Morgan fingerprint density at radius 3 is 2.86 bits per heavy atom. The molecule has 2 heterocycles. The summed E-state index contributed by atoms with van der Waals surface area (Å²) in [5, 5.41) is 6.49. The Kier molecular flexibility index (Phi) is 5.13. The largest absolute Gasteiger partial charge is 0.325 e. The van der Waals surface area contributed by atoms with Crippen molar-refractivity contribution in [3.8, 4) is 0 Å². The molecule has 1 amide bonds. The summed E-state index contributed by atoms with van der Waals surface area (Å²) >= 11 is 2.27. The lowest BCUT2D eigenvalue weighted by Gasteiger charge is -2.35. The number of piperidine rings is 1. The average Bonchev–Trinajstić information content (AvgIpc) is 2.98. The first-order chi connectivity index (χ1) is 10.2. The summed E-state index contributed by atoms with van der Waals surface area (Å²) in [5.74, 6) is 0.160. The molecule has 21 heavy (non-hydrogen) atoms. The number of nitrogens with zero attached hydrogens (tertiary/aromatic N) is 1. The Morgan fingerprint density at radius 1 is 1.29 bits per heavy atom. The molecule has 1 atom stereocenters. The lowest BCUT2D eigenvalue weighted by molar-refractivity contribution is -0.121. The van der Waals surface area contributed by atoms with Crippen LogP contribution in [0.4, 0.5) is 5.69 Å². The van der Waals surface area contributed by atoms with E-state index in [1.165, 1.54) is 0 Å². The van der Waals surface area contributed by atoms with Gasteiger partial charge in [-0.15, -0.1) is 0 Å². The van der Waals surface area contributed by atoms with Crippen molar-refractivity contribution in [2.45, 2.75) is 37.8 Å². The van der Waals surface area contributed by atoms with Gasteiger partial charge in [-0.05, 0) is 86.1 Å². The Morgan fingerprint density at radius 2 is 2.10 bits per heavy atom. The predicted octanol–water partition coefficient (Wildman–Crippen LogP) is 2.45. The van der Waals surface area contributed by atoms with Crippen LogP contribution in [0.5, 0.6) is 0 Å². The van der Waals surface area contributed by atoms with E-state index in [0.717, 1.165) is 54.6 Å². The molecule has 0 saturated carbocycles. The van der Waals surface area contributed by atoms with Gasteiger partial charge >= 0.3 is 0 Å². The van der Waals surface area contributed by atoms with Crippen LogP contribution in [-0.4, -0.2) is 42.5 Å². The molecular formula is C16H22IN3O. The van der Waals surface area contributed by atoms with Gasteiger partial charge in [0.05, 0.1) is 6.04 Å². The van der Waals surface area contributed by atoms with Gasteiger partial charge in [0.15, 0.2) is 0 Å². The molecule has 114 valence electrons. The van der Waals surface area contributed by atoms with Crippen LogP contribution < -0.4 is 10.6 Å². The molecular weight excluding hydrogens is 377 g/mol. The van der Waals surface area contributed by atoms with Gasteiger partial charge in [-0.25, -0.2) is 0 Å². The molecule has 0 spiro atoms. The standard InChI is InChI=1S/C16H22IN3O/c17-12-3-1-4-13(11-12)19-16(21)15-5-2-10-20(15)14-6-8-18-9-7-14/h1,3-4,11,14-15,18H,2,5-10H2,(H,19,21). The van der Waals surface area contributed by atoms with Crippen molar-refractivity contribution in [2.75, 3.05) is 25.0 Å².